The van der Waals surface area contributed by atoms with Crippen LogP contribution in [0.2, 0.25) is 0 Å². The van der Waals surface area contributed by atoms with Crippen molar-refractivity contribution >= 4 is 5.97 Å². The maximum atomic E-state index is 11.2. The van der Waals surface area contributed by atoms with Gasteiger partial charge in [0, 0.05) is 6.04 Å². The van der Waals surface area contributed by atoms with Crippen molar-refractivity contribution in [1.82, 2.24) is 4.90 Å². The van der Waals surface area contributed by atoms with Gasteiger partial charge in [-0.1, -0.05) is 90.9 Å². The van der Waals surface area contributed by atoms with E-state index in [0.717, 1.165) is 25.9 Å². The Morgan fingerprint density at radius 2 is 1.04 bits per heavy atom. The first kappa shape index (κ1) is 28.3. The van der Waals surface area contributed by atoms with E-state index in [1.165, 1.54) is 77.0 Å². The van der Waals surface area contributed by atoms with Crippen molar-refractivity contribution in [2.24, 2.45) is 0 Å². The molecule has 0 aromatic carbocycles. The van der Waals surface area contributed by atoms with Crippen LogP contribution in [0.25, 0.3) is 0 Å². The van der Waals surface area contributed by atoms with Crippen LogP contribution in [-0.2, 0) is 4.79 Å². The van der Waals surface area contributed by atoms with Crippen LogP contribution in [0.3, 0.4) is 0 Å². The summed E-state index contributed by atoms with van der Waals surface area (Å²) in [5.41, 5.74) is 0. The van der Waals surface area contributed by atoms with E-state index in [9.17, 15) is 9.90 Å². The van der Waals surface area contributed by atoms with E-state index in [2.05, 4.69) is 18.7 Å². The molecule has 0 aliphatic rings. The summed E-state index contributed by atoms with van der Waals surface area (Å²) in [4.78, 5) is 13.3. The summed E-state index contributed by atoms with van der Waals surface area (Å²) in [6.45, 7) is 8.06. The molecule has 4 heteroatoms. The fourth-order valence-electron chi connectivity index (χ4n) is 3.19. The molecule has 0 aliphatic heterocycles. The van der Waals surface area contributed by atoms with Crippen molar-refractivity contribution in [1.29, 1.82) is 0 Å². The van der Waals surface area contributed by atoms with Crippen LogP contribution in [0.15, 0.2) is 0 Å². The molecule has 3 nitrogen and oxygen atoms in total. The zero-order chi connectivity index (χ0) is 18.0. The SMILES string of the molecule is CCCCCCCCCN(CCCCCCCCC)C(C)C(=O)[O-].[K+]. The number of unbranched alkanes of at least 4 members (excludes halogenated alkanes) is 12. The summed E-state index contributed by atoms with van der Waals surface area (Å²) in [6.07, 6.45) is 17.8. The molecule has 0 N–H and O–H groups in total. The molecule has 0 rings (SSSR count). The van der Waals surface area contributed by atoms with Crippen LogP contribution < -0.4 is 56.5 Å². The number of carboxylic acids is 1. The summed E-state index contributed by atoms with van der Waals surface area (Å²) in [7, 11) is 0. The molecule has 0 heterocycles. The topological polar surface area (TPSA) is 43.4 Å². The number of carbonyl (C=O) groups is 1. The van der Waals surface area contributed by atoms with Crippen molar-refractivity contribution in [3.8, 4) is 0 Å². The monoisotopic (exact) mass is 379 g/mol. The molecule has 1 unspecified atom stereocenters. The van der Waals surface area contributed by atoms with Gasteiger partial charge in [0.15, 0.2) is 0 Å². The number of nitrogens with zero attached hydrogens (tertiary/aromatic N) is 1. The molecule has 0 amide bonds. The molecule has 0 saturated heterocycles. The zero-order valence-corrected chi connectivity index (χ0v) is 20.8. The number of aliphatic carboxylic acids is 1. The van der Waals surface area contributed by atoms with E-state index >= 15 is 0 Å². The quantitative estimate of drug-likeness (QED) is 0.270. The van der Waals surface area contributed by atoms with Gasteiger partial charge in [0.25, 0.3) is 0 Å². The second-order valence-corrected chi connectivity index (χ2v) is 7.27. The number of rotatable bonds is 18. The third-order valence-corrected chi connectivity index (χ3v) is 4.99. The fourth-order valence-corrected chi connectivity index (χ4v) is 3.19. The molecule has 0 aromatic heterocycles. The van der Waals surface area contributed by atoms with Crippen LogP contribution >= 0.6 is 0 Å². The minimum Gasteiger partial charge on any atom is -0.548 e. The molecule has 0 aliphatic carbocycles. The molecule has 0 aromatic rings. The Balaban J connectivity index is 0. The molecule has 0 radical (unpaired) electrons. The van der Waals surface area contributed by atoms with Crippen molar-refractivity contribution in [3.63, 3.8) is 0 Å². The second kappa shape index (κ2) is 21.4. The normalized spacial score (nSPS) is 12.2. The van der Waals surface area contributed by atoms with Crippen molar-refractivity contribution in [2.75, 3.05) is 13.1 Å². The van der Waals surface area contributed by atoms with E-state index in [4.69, 9.17) is 0 Å². The molecule has 25 heavy (non-hydrogen) atoms. The minimum atomic E-state index is -0.930. The van der Waals surface area contributed by atoms with Gasteiger partial charge in [-0.3, -0.25) is 4.90 Å². The van der Waals surface area contributed by atoms with Crippen LogP contribution in [0, 0.1) is 0 Å². The van der Waals surface area contributed by atoms with Gasteiger partial charge in [0.1, 0.15) is 0 Å². The predicted molar refractivity (Wildman–Crippen MR) is 102 cm³/mol. The van der Waals surface area contributed by atoms with E-state index in [0.29, 0.717) is 0 Å². The second-order valence-electron chi connectivity index (χ2n) is 7.27. The fraction of sp³-hybridized carbons (Fsp3) is 0.952. The maximum absolute atomic E-state index is 11.2. The Hall–Kier alpha value is 1.07. The number of carboxylic acid groups (broad SMARTS) is 1. The predicted octanol–water partition coefficient (Wildman–Crippen LogP) is 1.93. The van der Waals surface area contributed by atoms with Crippen LogP contribution in [0.1, 0.15) is 111 Å². The number of hydrogen-bond acceptors (Lipinski definition) is 3. The molecule has 0 bridgehead atoms. The Morgan fingerprint density at radius 1 is 0.720 bits per heavy atom. The van der Waals surface area contributed by atoms with Gasteiger partial charge < -0.3 is 9.90 Å². The average Bonchev–Trinajstić information content (AvgIpc) is 2.57. The van der Waals surface area contributed by atoms with Crippen molar-refractivity contribution in [3.05, 3.63) is 0 Å². The average molecular weight is 380 g/mol. The van der Waals surface area contributed by atoms with E-state index in [1.54, 1.807) is 6.92 Å². The van der Waals surface area contributed by atoms with Gasteiger partial charge in [-0.05, 0) is 32.9 Å². The first-order chi connectivity index (χ1) is 11.6. The van der Waals surface area contributed by atoms with Gasteiger partial charge in [-0.25, -0.2) is 0 Å². The Morgan fingerprint density at radius 3 is 1.36 bits per heavy atom. The summed E-state index contributed by atoms with van der Waals surface area (Å²) < 4.78 is 0. The van der Waals surface area contributed by atoms with Gasteiger partial charge in [0.2, 0.25) is 0 Å². The summed E-state index contributed by atoms with van der Waals surface area (Å²) >= 11 is 0. The Bertz CT molecular complexity index is 269. The van der Waals surface area contributed by atoms with Gasteiger partial charge in [-0.15, -0.1) is 0 Å². The third kappa shape index (κ3) is 18.2. The molecule has 0 spiro atoms. The van der Waals surface area contributed by atoms with Gasteiger partial charge in [0.05, 0.1) is 5.97 Å². The van der Waals surface area contributed by atoms with Gasteiger partial charge >= 0.3 is 51.4 Å². The molecular weight excluding hydrogens is 337 g/mol. The van der Waals surface area contributed by atoms with Crippen molar-refractivity contribution in [2.45, 2.75) is 117 Å². The smallest absolute Gasteiger partial charge is 0.548 e. The van der Waals surface area contributed by atoms with Crippen LogP contribution in [0.5, 0.6) is 0 Å². The molecule has 0 fully saturated rings. The minimum absolute atomic E-state index is 0. The molecule has 144 valence electrons. The largest absolute Gasteiger partial charge is 1.00 e. The van der Waals surface area contributed by atoms with Gasteiger partial charge in [-0.2, -0.15) is 0 Å². The summed E-state index contributed by atoms with van der Waals surface area (Å²) in [5.74, 6) is -0.930. The summed E-state index contributed by atoms with van der Waals surface area (Å²) in [6, 6.07) is -0.454. The summed E-state index contributed by atoms with van der Waals surface area (Å²) in [5, 5.41) is 11.2. The van der Waals surface area contributed by atoms with Crippen LogP contribution in [0.4, 0.5) is 0 Å². The Kier molecular flexibility index (Phi) is 24.2. The first-order valence-corrected chi connectivity index (χ1v) is 10.6. The third-order valence-electron chi connectivity index (χ3n) is 4.99. The standard InChI is InChI=1S/C21H43NO2.K/c1-4-6-8-10-12-14-16-18-22(20(3)21(23)24)19-17-15-13-11-9-7-5-2;/h20H,4-19H2,1-3H3,(H,23,24);/q;+1/p-1. The molecular formula is C21H42KNO2. The van der Waals surface area contributed by atoms with E-state index in [1.807, 2.05) is 0 Å². The molecule has 1 atom stereocenters. The number of hydrogen-bond donors (Lipinski definition) is 0. The first-order valence-electron chi connectivity index (χ1n) is 10.6. The van der Waals surface area contributed by atoms with Crippen molar-refractivity contribution < 1.29 is 61.3 Å². The van der Waals surface area contributed by atoms with Crippen LogP contribution in [-0.4, -0.2) is 30.0 Å². The molecule has 0 saturated carbocycles. The van der Waals surface area contributed by atoms with E-state index in [-0.39, 0.29) is 51.4 Å². The zero-order valence-electron chi connectivity index (χ0n) is 17.7. The van der Waals surface area contributed by atoms with E-state index < -0.39 is 12.0 Å². The number of carbonyl (C=O) groups excluding carboxylic acids is 1. The maximum Gasteiger partial charge on any atom is 1.00 e. The Labute approximate surface area is 200 Å².